The van der Waals surface area contributed by atoms with Crippen LogP contribution < -0.4 is 9.47 Å². The van der Waals surface area contributed by atoms with Crippen LogP contribution in [0.1, 0.15) is 29.3 Å². The molecule has 0 spiro atoms. The van der Waals surface area contributed by atoms with E-state index in [9.17, 15) is 0 Å². The normalized spacial score (nSPS) is 17.0. The summed E-state index contributed by atoms with van der Waals surface area (Å²) in [5, 5.41) is 0.766. The SMILES string of the molecule is COc1ccc(CN2CCCn3cccc3[C@H]2c2cccc(Cl)c2)c(OC)c1. The Morgan fingerprint density at radius 2 is 1.89 bits per heavy atom. The van der Waals surface area contributed by atoms with E-state index in [-0.39, 0.29) is 6.04 Å². The molecule has 0 amide bonds. The van der Waals surface area contributed by atoms with Crippen LogP contribution in [0, 0.1) is 0 Å². The van der Waals surface area contributed by atoms with E-state index in [1.54, 1.807) is 14.2 Å². The van der Waals surface area contributed by atoms with Crippen molar-refractivity contribution in [1.29, 1.82) is 0 Å². The van der Waals surface area contributed by atoms with Crippen molar-refractivity contribution in [2.24, 2.45) is 0 Å². The minimum absolute atomic E-state index is 0.142. The number of nitrogens with zero attached hydrogens (tertiary/aromatic N) is 2. The molecular formula is C23H25ClN2O2. The third-order valence-corrected chi connectivity index (χ3v) is 5.62. The monoisotopic (exact) mass is 396 g/mol. The predicted molar refractivity (Wildman–Crippen MR) is 112 cm³/mol. The first-order valence-electron chi connectivity index (χ1n) is 9.55. The van der Waals surface area contributed by atoms with Gasteiger partial charge in [-0.2, -0.15) is 0 Å². The molecule has 2 aromatic carbocycles. The van der Waals surface area contributed by atoms with E-state index in [1.165, 1.54) is 11.3 Å². The number of hydrogen-bond acceptors (Lipinski definition) is 3. The van der Waals surface area contributed by atoms with Gasteiger partial charge >= 0.3 is 0 Å². The van der Waals surface area contributed by atoms with E-state index in [0.29, 0.717) is 0 Å². The molecule has 0 fully saturated rings. The molecule has 2 heterocycles. The maximum atomic E-state index is 6.34. The molecule has 28 heavy (non-hydrogen) atoms. The topological polar surface area (TPSA) is 26.6 Å². The maximum absolute atomic E-state index is 6.34. The summed E-state index contributed by atoms with van der Waals surface area (Å²) in [6.07, 6.45) is 3.27. The second-order valence-electron chi connectivity index (χ2n) is 7.09. The molecule has 1 atom stereocenters. The van der Waals surface area contributed by atoms with E-state index in [2.05, 4.69) is 46.0 Å². The Morgan fingerprint density at radius 3 is 2.68 bits per heavy atom. The minimum Gasteiger partial charge on any atom is -0.497 e. The van der Waals surface area contributed by atoms with Crippen LogP contribution in [0.15, 0.2) is 60.8 Å². The maximum Gasteiger partial charge on any atom is 0.127 e. The van der Waals surface area contributed by atoms with Gasteiger partial charge in [-0.15, -0.1) is 0 Å². The summed E-state index contributed by atoms with van der Waals surface area (Å²) < 4.78 is 13.3. The Kier molecular flexibility index (Phi) is 5.60. The Labute approximate surface area is 171 Å². The average Bonchev–Trinajstić information content (AvgIpc) is 3.09. The number of rotatable bonds is 5. The highest BCUT2D eigenvalue weighted by atomic mass is 35.5. The predicted octanol–water partition coefficient (Wildman–Crippen LogP) is 5.15. The number of methoxy groups -OCH3 is 2. The van der Waals surface area contributed by atoms with Crippen LogP contribution in [0.25, 0.3) is 0 Å². The average molecular weight is 397 g/mol. The van der Waals surface area contributed by atoms with Crippen LogP contribution in [0.3, 0.4) is 0 Å². The molecule has 3 aromatic rings. The van der Waals surface area contributed by atoms with Crippen LogP contribution in [-0.4, -0.2) is 30.2 Å². The number of halogens is 1. The lowest BCUT2D eigenvalue weighted by Gasteiger charge is -2.31. The summed E-state index contributed by atoms with van der Waals surface area (Å²) in [7, 11) is 3.38. The highest BCUT2D eigenvalue weighted by Crippen LogP contribution is 2.35. The van der Waals surface area contributed by atoms with Gasteiger partial charge in [0.05, 0.1) is 20.3 Å². The zero-order valence-corrected chi connectivity index (χ0v) is 17.0. The van der Waals surface area contributed by atoms with E-state index in [0.717, 1.165) is 48.1 Å². The third kappa shape index (κ3) is 3.75. The first-order chi connectivity index (χ1) is 13.7. The van der Waals surface area contributed by atoms with E-state index in [1.807, 2.05) is 24.3 Å². The van der Waals surface area contributed by atoms with Crippen molar-refractivity contribution >= 4 is 11.6 Å². The van der Waals surface area contributed by atoms with Crippen molar-refractivity contribution in [3.63, 3.8) is 0 Å². The number of benzene rings is 2. The largest absolute Gasteiger partial charge is 0.497 e. The third-order valence-electron chi connectivity index (χ3n) is 5.39. The first-order valence-corrected chi connectivity index (χ1v) is 9.93. The molecule has 1 aliphatic rings. The zero-order chi connectivity index (χ0) is 19.5. The second kappa shape index (κ2) is 8.29. The van der Waals surface area contributed by atoms with Gasteiger partial charge in [-0.05, 0) is 42.3 Å². The molecule has 1 aromatic heterocycles. The van der Waals surface area contributed by atoms with Crippen molar-refractivity contribution in [3.05, 3.63) is 82.6 Å². The van der Waals surface area contributed by atoms with E-state index in [4.69, 9.17) is 21.1 Å². The minimum atomic E-state index is 0.142. The fraction of sp³-hybridized carbons (Fsp3) is 0.304. The summed E-state index contributed by atoms with van der Waals surface area (Å²) in [6.45, 7) is 2.80. The summed E-state index contributed by atoms with van der Waals surface area (Å²) >= 11 is 6.34. The standard InChI is InChI=1S/C23H25ClN2O2/c1-27-20-10-9-18(22(15-20)28-2)16-26-13-5-12-25-11-4-8-21(25)23(26)17-6-3-7-19(24)14-17/h3-4,6-11,14-15,23H,5,12-13,16H2,1-2H3/t23-/m1/s1. The van der Waals surface area contributed by atoms with Crippen molar-refractivity contribution < 1.29 is 9.47 Å². The quantitative estimate of drug-likeness (QED) is 0.596. The molecule has 0 saturated carbocycles. The molecule has 0 radical (unpaired) electrons. The lowest BCUT2D eigenvalue weighted by atomic mass is 10.0. The highest BCUT2D eigenvalue weighted by molar-refractivity contribution is 6.30. The van der Waals surface area contributed by atoms with Crippen LogP contribution in [-0.2, 0) is 13.1 Å². The lowest BCUT2D eigenvalue weighted by molar-refractivity contribution is 0.217. The molecule has 4 nitrogen and oxygen atoms in total. The molecule has 0 N–H and O–H groups in total. The summed E-state index contributed by atoms with van der Waals surface area (Å²) in [5.41, 5.74) is 3.66. The van der Waals surface area contributed by atoms with Gasteiger partial charge in [-0.25, -0.2) is 0 Å². The van der Waals surface area contributed by atoms with E-state index < -0.39 is 0 Å². The smallest absolute Gasteiger partial charge is 0.127 e. The number of hydrogen-bond donors (Lipinski definition) is 0. The molecule has 0 aliphatic carbocycles. The Morgan fingerprint density at radius 1 is 1.00 bits per heavy atom. The first kappa shape index (κ1) is 18.9. The highest BCUT2D eigenvalue weighted by Gasteiger charge is 2.28. The lowest BCUT2D eigenvalue weighted by Crippen LogP contribution is -2.29. The number of aromatic nitrogens is 1. The van der Waals surface area contributed by atoms with Gasteiger partial charge in [0.25, 0.3) is 0 Å². The van der Waals surface area contributed by atoms with Gasteiger partial charge in [-0.3, -0.25) is 4.90 Å². The van der Waals surface area contributed by atoms with Crippen LogP contribution >= 0.6 is 11.6 Å². The number of aryl methyl sites for hydroxylation is 1. The number of fused-ring (bicyclic) bond motifs is 1. The fourth-order valence-electron chi connectivity index (χ4n) is 4.07. The van der Waals surface area contributed by atoms with Crippen LogP contribution in [0.4, 0.5) is 0 Å². The van der Waals surface area contributed by atoms with Crippen LogP contribution in [0.2, 0.25) is 5.02 Å². The molecule has 1 aliphatic heterocycles. The molecule has 4 rings (SSSR count). The van der Waals surface area contributed by atoms with Crippen molar-refractivity contribution in [2.45, 2.75) is 25.6 Å². The van der Waals surface area contributed by atoms with Crippen molar-refractivity contribution in [2.75, 3.05) is 20.8 Å². The van der Waals surface area contributed by atoms with Gasteiger partial charge in [0.1, 0.15) is 11.5 Å². The Bertz CT molecular complexity index is 953. The molecule has 5 heteroatoms. The summed E-state index contributed by atoms with van der Waals surface area (Å²) in [4.78, 5) is 2.51. The Hall–Kier alpha value is -2.43. The molecule has 0 unspecified atom stereocenters. The van der Waals surface area contributed by atoms with Gasteiger partial charge in [-0.1, -0.05) is 29.8 Å². The van der Waals surface area contributed by atoms with Crippen molar-refractivity contribution in [1.82, 2.24) is 9.47 Å². The van der Waals surface area contributed by atoms with Gasteiger partial charge in [0.15, 0.2) is 0 Å². The fourth-order valence-corrected chi connectivity index (χ4v) is 4.27. The molecule has 146 valence electrons. The second-order valence-corrected chi connectivity index (χ2v) is 7.52. The van der Waals surface area contributed by atoms with E-state index >= 15 is 0 Å². The molecule has 0 bridgehead atoms. The summed E-state index contributed by atoms with van der Waals surface area (Å²) in [5.74, 6) is 1.65. The van der Waals surface area contributed by atoms with Gasteiger partial charge in [0.2, 0.25) is 0 Å². The number of ether oxygens (including phenoxy) is 2. The van der Waals surface area contributed by atoms with Crippen molar-refractivity contribution in [3.8, 4) is 11.5 Å². The van der Waals surface area contributed by atoms with Gasteiger partial charge < -0.3 is 14.0 Å². The molecular weight excluding hydrogens is 372 g/mol. The Balaban J connectivity index is 1.74. The molecule has 0 saturated heterocycles. The summed E-state index contributed by atoms with van der Waals surface area (Å²) in [6, 6.07) is 18.7. The van der Waals surface area contributed by atoms with Crippen LogP contribution in [0.5, 0.6) is 11.5 Å². The van der Waals surface area contributed by atoms with Gasteiger partial charge in [0, 0.05) is 48.2 Å². The zero-order valence-electron chi connectivity index (χ0n) is 16.3.